The van der Waals surface area contributed by atoms with Gasteiger partial charge in [0.05, 0.1) is 24.5 Å². The first-order valence-corrected chi connectivity index (χ1v) is 16.6. The Morgan fingerprint density at radius 1 is 1.11 bits per heavy atom. The van der Waals surface area contributed by atoms with Crippen molar-refractivity contribution in [2.75, 3.05) is 0 Å². The third-order valence-electron chi connectivity index (χ3n) is 7.40. The molecule has 5 nitrogen and oxygen atoms in total. The molecule has 204 valence electrons. The minimum Gasteiger partial charge on any atom is -0.478 e. The number of unbranched alkanes of at least 4 members (excludes halogenated alkanes) is 1. The third kappa shape index (κ3) is 7.68. The predicted octanol–water partition coefficient (Wildman–Crippen LogP) is 8.16. The number of carboxylic acid groups (broad SMARTS) is 1. The van der Waals surface area contributed by atoms with Gasteiger partial charge in [-0.1, -0.05) is 94.2 Å². The van der Waals surface area contributed by atoms with Gasteiger partial charge in [-0.25, -0.2) is 9.78 Å². The number of halogens is 1. The van der Waals surface area contributed by atoms with Crippen LogP contribution in [0.4, 0.5) is 0 Å². The van der Waals surface area contributed by atoms with E-state index in [0.717, 1.165) is 47.6 Å². The first kappa shape index (κ1) is 29.9. The van der Waals surface area contributed by atoms with Crippen molar-refractivity contribution < 1.29 is 14.3 Å². The molecule has 0 saturated carbocycles. The van der Waals surface area contributed by atoms with Crippen LogP contribution < -0.4 is 0 Å². The smallest absolute Gasteiger partial charge is 0.331 e. The number of rotatable bonds is 12. The summed E-state index contributed by atoms with van der Waals surface area (Å²) in [6.07, 6.45) is 4.93. The quantitative estimate of drug-likeness (QED) is 0.182. The van der Waals surface area contributed by atoms with Gasteiger partial charge in [0.2, 0.25) is 0 Å². The molecule has 38 heavy (non-hydrogen) atoms. The van der Waals surface area contributed by atoms with Crippen LogP contribution in [0.1, 0.15) is 68.9 Å². The highest BCUT2D eigenvalue weighted by molar-refractivity contribution is 6.74. The molecule has 3 aromatic rings. The summed E-state index contributed by atoms with van der Waals surface area (Å²) in [6, 6.07) is 17.5. The second kappa shape index (κ2) is 12.9. The first-order valence-electron chi connectivity index (χ1n) is 13.4. The Labute approximate surface area is 233 Å². The van der Waals surface area contributed by atoms with Crippen molar-refractivity contribution in [2.24, 2.45) is 0 Å². The number of benzene rings is 2. The molecule has 3 rings (SSSR count). The van der Waals surface area contributed by atoms with Gasteiger partial charge in [-0.3, -0.25) is 0 Å². The molecule has 7 heteroatoms. The number of hydrogen-bond donors (Lipinski definition) is 1. The largest absolute Gasteiger partial charge is 0.478 e. The minimum atomic E-state index is -2.06. The van der Waals surface area contributed by atoms with Gasteiger partial charge < -0.3 is 14.1 Å². The molecule has 1 heterocycles. The Morgan fingerprint density at radius 2 is 1.76 bits per heavy atom. The number of carboxylic acids is 1. The van der Waals surface area contributed by atoms with Crippen LogP contribution in [0, 0.1) is 0 Å². The Hall–Kier alpha value is -2.67. The van der Waals surface area contributed by atoms with E-state index in [9.17, 15) is 9.90 Å². The minimum absolute atomic E-state index is 0.0493. The van der Waals surface area contributed by atoms with Gasteiger partial charge in [-0.2, -0.15) is 0 Å². The molecule has 0 aliphatic rings. The van der Waals surface area contributed by atoms with Crippen LogP contribution in [0.15, 0.2) is 60.2 Å². The molecule has 0 atom stereocenters. The zero-order valence-electron chi connectivity index (χ0n) is 23.6. The number of aliphatic carboxylic acids is 1. The lowest BCUT2D eigenvalue weighted by Gasteiger charge is -2.36. The van der Waals surface area contributed by atoms with E-state index in [0.29, 0.717) is 30.2 Å². The zero-order chi connectivity index (χ0) is 27.9. The highest BCUT2D eigenvalue weighted by atomic mass is 35.5. The van der Waals surface area contributed by atoms with Gasteiger partial charge in [0.1, 0.15) is 5.82 Å². The molecule has 1 aromatic heterocycles. The Morgan fingerprint density at radius 3 is 2.37 bits per heavy atom. The van der Waals surface area contributed by atoms with Crippen molar-refractivity contribution >= 4 is 32.0 Å². The highest BCUT2D eigenvalue weighted by Gasteiger charge is 2.37. The molecule has 0 aliphatic carbocycles. The van der Waals surface area contributed by atoms with Gasteiger partial charge in [0, 0.05) is 23.4 Å². The molecule has 2 aromatic carbocycles. The first-order chi connectivity index (χ1) is 17.9. The molecule has 0 saturated heterocycles. The van der Waals surface area contributed by atoms with E-state index < -0.39 is 14.3 Å². The van der Waals surface area contributed by atoms with Gasteiger partial charge >= 0.3 is 5.97 Å². The normalized spacial score (nSPS) is 12.7. The monoisotopic (exact) mass is 552 g/mol. The summed E-state index contributed by atoms with van der Waals surface area (Å²) in [4.78, 5) is 17.5. The number of aromatic nitrogens is 2. The van der Waals surface area contributed by atoms with Crippen molar-refractivity contribution in [3.63, 3.8) is 0 Å². The lowest BCUT2D eigenvalue weighted by molar-refractivity contribution is -0.132. The molecule has 0 amide bonds. The van der Waals surface area contributed by atoms with E-state index in [2.05, 4.69) is 45.4 Å². The summed E-state index contributed by atoms with van der Waals surface area (Å²) in [7, 11) is -2.06. The summed E-state index contributed by atoms with van der Waals surface area (Å²) < 4.78 is 8.72. The van der Waals surface area contributed by atoms with Crippen molar-refractivity contribution in [1.29, 1.82) is 0 Å². The molecular formula is C31H41ClN2O3Si. The summed E-state index contributed by atoms with van der Waals surface area (Å²) in [6.45, 7) is 14.1. The summed E-state index contributed by atoms with van der Waals surface area (Å²) in [5.74, 6) is -0.0120. The van der Waals surface area contributed by atoms with E-state index in [-0.39, 0.29) is 5.04 Å². The Balaban J connectivity index is 2.15. The fraction of sp³-hybridized carbons (Fsp3) is 0.419. The number of aryl methyl sites for hydroxylation is 1. The second-order valence-electron chi connectivity index (χ2n) is 11.3. The summed E-state index contributed by atoms with van der Waals surface area (Å²) in [5, 5.41) is 10.9. The number of nitrogens with zero attached hydrogens (tertiary/aromatic N) is 2. The lowest BCUT2D eigenvalue weighted by atomic mass is 10.0. The van der Waals surface area contributed by atoms with E-state index >= 15 is 0 Å². The summed E-state index contributed by atoms with van der Waals surface area (Å²) >= 11 is 6.56. The standard InChI is InChI=1S/C31H41ClN2O3Si/c1-7-8-18-29-33-27(22-37-38(5,6)31(2,3)4)28(34(29)21-24-16-12-13-17-26(24)32)20-25(30(35)36)19-23-14-10-9-11-15-23/h9-17,20H,7-8,18-19,21-22H2,1-6H3,(H,35,36)/b25-20+. The van der Waals surface area contributed by atoms with Crippen LogP contribution in [-0.4, -0.2) is 28.9 Å². The number of hydrogen-bond acceptors (Lipinski definition) is 3. The van der Waals surface area contributed by atoms with E-state index in [4.69, 9.17) is 21.0 Å². The topological polar surface area (TPSA) is 64.3 Å². The van der Waals surface area contributed by atoms with Crippen LogP contribution in [-0.2, 0) is 35.2 Å². The van der Waals surface area contributed by atoms with E-state index in [1.165, 1.54) is 0 Å². The van der Waals surface area contributed by atoms with E-state index in [1.54, 1.807) is 6.08 Å². The average molecular weight is 553 g/mol. The number of carbonyl (C=O) groups is 1. The van der Waals surface area contributed by atoms with Crippen molar-refractivity contribution in [1.82, 2.24) is 9.55 Å². The maximum absolute atomic E-state index is 12.4. The summed E-state index contributed by atoms with van der Waals surface area (Å²) in [5.41, 5.74) is 3.79. The van der Waals surface area contributed by atoms with Crippen molar-refractivity contribution in [3.8, 4) is 0 Å². The molecule has 0 aliphatic heterocycles. The van der Waals surface area contributed by atoms with Crippen molar-refractivity contribution in [3.05, 3.63) is 93.5 Å². The average Bonchev–Trinajstić information content (AvgIpc) is 3.18. The molecule has 1 N–H and O–H groups in total. The third-order valence-corrected chi connectivity index (χ3v) is 12.2. The van der Waals surface area contributed by atoms with Crippen LogP contribution >= 0.6 is 11.6 Å². The fourth-order valence-corrected chi connectivity index (χ4v) is 5.10. The van der Waals surface area contributed by atoms with Crippen LogP contribution in [0.5, 0.6) is 0 Å². The Kier molecular flexibility index (Phi) is 10.2. The fourth-order valence-electron chi connectivity index (χ4n) is 3.97. The number of imidazole rings is 1. The Bertz CT molecular complexity index is 1260. The van der Waals surface area contributed by atoms with Crippen LogP contribution in [0.25, 0.3) is 6.08 Å². The van der Waals surface area contributed by atoms with Gasteiger partial charge in [0.15, 0.2) is 8.32 Å². The molecule has 0 radical (unpaired) electrons. The zero-order valence-corrected chi connectivity index (χ0v) is 25.3. The SMILES string of the molecule is CCCCc1nc(CO[Si](C)(C)C(C)(C)C)c(/C=C(\Cc2ccccc2)C(=O)O)n1Cc1ccccc1Cl. The van der Waals surface area contributed by atoms with Crippen molar-refractivity contribution in [2.45, 2.75) is 84.7 Å². The molecule has 0 fully saturated rings. The molecular weight excluding hydrogens is 512 g/mol. The van der Waals surface area contributed by atoms with Gasteiger partial charge in [0.25, 0.3) is 0 Å². The lowest BCUT2D eigenvalue weighted by Crippen LogP contribution is -2.40. The second-order valence-corrected chi connectivity index (χ2v) is 16.5. The van der Waals surface area contributed by atoms with Crippen LogP contribution in [0.2, 0.25) is 23.2 Å². The maximum atomic E-state index is 12.4. The molecule has 0 spiro atoms. The van der Waals surface area contributed by atoms with Gasteiger partial charge in [-0.05, 0) is 47.8 Å². The highest BCUT2D eigenvalue weighted by Crippen LogP contribution is 2.37. The van der Waals surface area contributed by atoms with Gasteiger partial charge in [-0.15, -0.1) is 0 Å². The predicted molar refractivity (Wildman–Crippen MR) is 159 cm³/mol. The van der Waals surface area contributed by atoms with E-state index in [1.807, 2.05) is 54.6 Å². The maximum Gasteiger partial charge on any atom is 0.331 e. The molecule has 0 bridgehead atoms. The molecule has 0 unspecified atom stereocenters. The van der Waals surface area contributed by atoms with Crippen LogP contribution in [0.3, 0.4) is 0 Å².